The second-order valence-corrected chi connectivity index (χ2v) is 4.09. The summed E-state index contributed by atoms with van der Waals surface area (Å²) in [5.41, 5.74) is 1.09. The summed E-state index contributed by atoms with van der Waals surface area (Å²) in [7, 11) is 0. The Bertz CT molecular complexity index is 465. The number of rotatable bonds is 2. The fourth-order valence-electron chi connectivity index (χ4n) is 1.28. The van der Waals surface area contributed by atoms with Crippen LogP contribution in [0, 0.1) is 0 Å². The van der Waals surface area contributed by atoms with Crippen molar-refractivity contribution in [3.05, 3.63) is 51.5 Å². The highest BCUT2D eigenvalue weighted by Crippen LogP contribution is 2.26. The van der Waals surface area contributed by atoms with Gasteiger partial charge >= 0.3 is 0 Å². The Morgan fingerprint density at radius 2 is 1.73 bits per heavy atom. The molecule has 1 aromatic carbocycles. The first-order valence-corrected chi connectivity index (χ1v) is 5.43. The maximum atomic E-state index is 5.95. The van der Waals surface area contributed by atoms with Crippen LogP contribution in [0.15, 0.2) is 30.3 Å². The van der Waals surface area contributed by atoms with Crippen molar-refractivity contribution >= 4 is 34.8 Å². The molecule has 0 radical (unpaired) electrons. The van der Waals surface area contributed by atoms with E-state index in [4.69, 9.17) is 34.8 Å². The van der Waals surface area contributed by atoms with E-state index in [1.165, 1.54) is 0 Å². The van der Waals surface area contributed by atoms with Gasteiger partial charge in [-0.3, -0.25) is 4.57 Å². The Kier molecular flexibility index (Phi) is 3.19. The van der Waals surface area contributed by atoms with Gasteiger partial charge in [0.05, 0.1) is 6.54 Å². The highest BCUT2D eigenvalue weighted by Gasteiger charge is 2.12. The summed E-state index contributed by atoms with van der Waals surface area (Å²) in [6, 6.07) is 9.83. The summed E-state index contributed by atoms with van der Waals surface area (Å²) in [6.45, 7) is 0.568. The van der Waals surface area contributed by atoms with Gasteiger partial charge in [0.1, 0.15) is 5.15 Å². The van der Waals surface area contributed by atoms with E-state index in [0.717, 1.165) is 5.56 Å². The largest absolute Gasteiger partial charge is 0.300 e. The fourth-order valence-corrected chi connectivity index (χ4v) is 1.96. The van der Waals surface area contributed by atoms with Gasteiger partial charge < -0.3 is 0 Å². The number of halogens is 3. The van der Waals surface area contributed by atoms with Crippen molar-refractivity contribution in [1.29, 1.82) is 0 Å². The zero-order chi connectivity index (χ0) is 10.8. The smallest absolute Gasteiger partial charge is 0.205 e. The zero-order valence-corrected chi connectivity index (χ0v) is 9.89. The molecule has 15 heavy (non-hydrogen) atoms. The highest BCUT2D eigenvalue weighted by molar-refractivity contribution is 6.41. The fraction of sp³-hybridized carbons (Fsp3) is 0.100. The molecule has 0 aliphatic rings. The lowest BCUT2D eigenvalue weighted by molar-refractivity contribution is 0.799. The molecule has 0 saturated carbocycles. The van der Waals surface area contributed by atoms with Crippen LogP contribution in [0.4, 0.5) is 0 Å². The van der Waals surface area contributed by atoms with Gasteiger partial charge in [-0.2, -0.15) is 0 Å². The maximum Gasteiger partial charge on any atom is 0.205 e. The Balaban J connectivity index is 2.32. The number of imidazole rings is 1. The standard InChI is InChI=1S/C10H7Cl3N2/c11-8-9(12)15(10(13)14-8)6-7-4-2-1-3-5-7/h1-5H,6H2. The number of hydrogen-bond acceptors (Lipinski definition) is 1. The molecule has 0 unspecified atom stereocenters. The third-order valence-corrected chi connectivity index (χ3v) is 3.04. The van der Waals surface area contributed by atoms with Crippen LogP contribution in [-0.2, 0) is 6.54 Å². The Hall–Kier alpha value is -0.700. The van der Waals surface area contributed by atoms with Crippen molar-refractivity contribution in [3.63, 3.8) is 0 Å². The molecule has 1 heterocycles. The van der Waals surface area contributed by atoms with Crippen molar-refractivity contribution in [2.75, 3.05) is 0 Å². The van der Waals surface area contributed by atoms with Gasteiger partial charge in [-0.05, 0) is 17.2 Å². The van der Waals surface area contributed by atoms with Crippen LogP contribution in [0.2, 0.25) is 15.6 Å². The number of benzene rings is 1. The summed E-state index contributed by atoms with van der Waals surface area (Å²) in [4.78, 5) is 3.87. The van der Waals surface area contributed by atoms with E-state index in [1.54, 1.807) is 4.57 Å². The number of nitrogens with zero attached hydrogens (tertiary/aromatic N) is 2. The van der Waals surface area contributed by atoms with E-state index >= 15 is 0 Å². The Morgan fingerprint density at radius 3 is 2.27 bits per heavy atom. The summed E-state index contributed by atoms with van der Waals surface area (Å²) in [5, 5.41) is 0.900. The molecule has 0 spiro atoms. The molecule has 1 aromatic heterocycles. The van der Waals surface area contributed by atoms with E-state index in [2.05, 4.69) is 4.98 Å². The van der Waals surface area contributed by atoms with Gasteiger partial charge in [0, 0.05) is 0 Å². The van der Waals surface area contributed by atoms with Crippen molar-refractivity contribution in [2.24, 2.45) is 0 Å². The molecule has 0 N–H and O–H groups in total. The van der Waals surface area contributed by atoms with Crippen molar-refractivity contribution in [2.45, 2.75) is 6.54 Å². The van der Waals surface area contributed by atoms with E-state index < -0.39 is 0 Å². The second kappa shape index (κ2) is 4.44. The van der Waals surface area contributed by atoms with Gasteiger partial charge in [0.2, 0.25) is 5.28 Å². The van der Waals surface area contributed by atoms with Crippen LogP contribution in [0.1, 0.15) is 5.56 Å². The summed E-state index contributed by atoms with van der Waals surface area (Å²) in [5.74, 6) is 0. The molecule has 0 atom stereocenters. The minimum absolute atomic E-state index is 0.234. The van der Waals surface area contributed by atoms with Crippen LogP contribution in [0.5, 0.6) is 0 Å². The first-order valence-electron chi connectivity index (χ1n) is 4.29. The van der Waals surface area contributed by atoms with E-state index in [1.807, 2.05) is 30.3 Å². The second-order valence-electron chi connectivity index (χ2n) is 3.03. The van der Waals surface area contributed by atoms with Crippen LogP contribution >= 0.6 is 34.8 Å². The Morgan fingerprint density at radius 1 is 1.07 bits per heavy atom. The maximum absolute atomic E-state index is 5.95. The SMILES string of the molecule is Clc1nc(Cl)n(Cc2ccccc2)c1Cl. The molecule has 2 rings (SSSR count). The average Bonchev–Trinajstić information content (AvgIpc) is 2.47. The molecule has 0 aliphatic carbocycles. The lowest BCUT2D eigenvalue weighted by Gasteiger charge is -2.04. The minimum atomic E-state index is 0.234. The molecule has 0 bridgehead atoms. The van der Waals surface area contributed by atoms with Crippen LogP contribution < -0.4 is 0 Å². The zero-order valence-electron chi connectivity index (χ0n) is 7.62. The third-order valence-electron chi connectivity index (χ3n) is 2.00. The van der Waals surface area contributed by atoms with Crippen LogP contribution in [0.3, 0.4) is 0 Å². The summed E-state index contributed by atoms with van der Waals surface area (Å²) in [6.07, 6.45) is 0. The first kappa shape index (κ1) is 10.8. The quantitative estimate of drug-likeness (QED) is 0.802. The molecular formula is C10H7Cl3N2. The molecule has 2 nitrogen and oxygen atoms in total. The first-order chi connectivity index (χ1) is 7.18. The molecule has 5 heteroatoms. The Labute approximate surface area is 102 Å². The lowest BCUT2D eigenvalue weighted by Crippen LogP contribution is -1.99. The van der Waals surface area contributed by atoms with Gasteiger partial charge in [-0.15, -0.1) is 0 Å². The van der Waals surface area contributed by atoms with Crippen LogP contribution in [-0.4, -0.2) is 9.55 Å². The summed E-state index contributed by atoms with van der Waals surface area (Å²) >= 11 is 17.6. The highest BCUT2D eigenvalue weighted by atomic mass is 35.5. The molecular weight excluding hydrogens is 254 g/mol. The molecule has 0 saturated heterocycles. The monoisotopic (exact) mass is 260 g/mol. The summed E-state index contributed by atoms with van der Waals surface area (Å²) < 4.78 is 1.65. The molecule has 0 aliphatic heterocycles. The average molecular weight is 262 g/mol. The lowest BCUT2D eigenvalue weighted by atomic mass is 10.2. The van der Waals surface area contributed by atoms with Crippen LogP contribution in [0.25, 0.3) is 0 Å². The van der Waals surface area contributed by atoms with Crippen molar-refractivity contribution in [1.82, 2.24) is 9.55 Å². The molecule has 2 aromatic rings. The van der Waals surface area contributed by atoms with Gasteiger partial charge in [-0.25, -0.2) is 4.98 Å². The van der Waals surface area contributed by atoms with Gasteiger partial charge in [-0.1, -0.05) is 53.5 Å². The van der Waals surface area contributed by atoms with E-state index in [-0.39, 0.29) is 5.15 Å². The topological polar surface area (TPSA) is 17.8 Å². The molecule has 0 amide bonds. The van der Waals surface area contributed by atoms with Crippen molar-refractivity contribution in [3.8, 4) is 0 Å². The van der Waals surface area contributed by atoms with Crippen molar-refractivity contribution < 1.29 is 0 Å². The predicted octanol–water partition coefficient (Wildman–Crippen LogP) is 3.89. The minimum Gasteiger partial charge on any atom is -0.300 e. The normalized spacial score (nSPS) is 10.6. The van der Waals surface area contributed by atoms with E-state index in [9.17, 15) is 0 Å². The predicted molar refractivity (Wildman–Crippen MR) is 62.8 cm³/mol. The molecule has 0 fully saturated rings. The number of aromatic nitrogens is 2. The third kappa shape index (κ3) is 2.28. The van der Waals surface area contributed by atoms with Gasteiger partial charge in [0.25, 0.3) is 0 Å². The molecule has 78 valence electrons. The number of hydrogen-bond donors (Lipinski definition) is 0. The van der Waals surface area contributed by atoms with E-state index in [0.29, 0.717) is 17.0 Å². The van der Waals surface area contributed by atoms with Gasteiger partial charge in [0.15, 0.2) is 5.15 Å².